The Bertz CT molecular complexity index is 344. The lowest BCUT2D eigenvalue weighted by Gasteiger charge is -2.33. The summed E-state index contributed by atoms with van der Waals surface area (Å²) in [6.45, 7) is 4.77. The molecule has 0 saturated carbocycles. The molecule has 2 aliphatic carbocycles. The lowest BCUT2D eigenvalue weighted by Crippen LogP contribution is -2.23. The number of rotatable bonds is 5. The van der Waals surface area contributed by atoms with Crippen LogP contribution in [0.25, 0.3) is 0 Å². The van der Waals surface area contributed by atoms with Gasteiger partial charge in [0.25, 0.3) is 0 Å². The zero-order valence-electron chi connectivity index (χ0n) is 11.1. The molecule has 0 heterocycles. The van der Waals surface area contributed by atoms with Crippen LogP contribution in [0.2, 0.25) is 0 Å². The maximum atomic E-state index is 2.44. The molecule has 92 valence electrons. The van der Waals surface area contributed by atoms with Crippen LogP contribution >= 0.6 is 0 Å². The van der Waals surface area contributed by atoms with E-state index < -0.39 is 0 Å². The molecule has 0 nitrogen and oxygen atoms in total. The van der Waals surface area contributed by atoms with E-state index in [1.54, 1.807) is 0 Å². The maximum absolute atomic E-state index is 2.44. The van der Waals surface area contributed by atoms with Crippen molar-refractivity contribution in [3.05, 3.63) is 48.6 Å². The first-order valence-corrected chi connectivity index (χ1v) is 6.93. The molecule has 0 N–H and O–H groups in total. The van der Waals surface area contributed by atoms with Gasteiger partial charge >= 0.3 is 0 Å². The monoisotopic (exact) mass is 228 g/mol. The second-order valence-electron chi connectivity index (χ2n) is 5.60. The molecule has 0 spiro atoms. The van der Waals surface area contributed by atoms with Crippen LogP contribution in [0, 0.1) is 17.3 Å². The normalized spacial score (nSPS) is 27.3. The SMILES string of the molecule is CCC(C)(C/C=C/C1C=CC=C1)C1C=CCC1. The summed E-state index contributed by atoms with van der Waals surface area (Å²) in [7, 11) is 0. The molecule has 2 atom stereocenters. The summed E-state index contributed by atoms with van der Waals surface area (Å²) in [6.07, 6.45) is 23.4. The standard InChI is InChI=1S/C17H24/c1-3-17(2,16-12-6-7-13-16)14-8-11-15-9-4-5-10-15/h4-6,8-12,15-16H,3,7,13-14H2,1-2H3/b11-8+. The van der Waals surface area contributed by atoms with E-state index in [0.717, 1.165) is 5.92 Å². The molecule has 0 heteroatoms. The predicted octanol–water partition coefficient (Wildman–Crippen LogP) is 5.06. The Morgan fingerprint density at radius 2 is 2.00 bits per heavy atom. The van der Waals surface area contributed by atoms with E-state index in [1.165, 1.54) is 25.7 Å². The Kier molecular flexibility index (Phi) is 4.04. The Morgan fingerprint density at radius 3 is 2.59 bits per heavy atom. The van der Waals surface area contributed by atoms with E-state index in [-0.39, 0.29) is 0 Å². The van der Waals surface area contributed by atoms with Crippen molar-refractivity contribution < 1.29 is 0 Å². The number of hydrogen-bond donors (Lipinski definition) is 0. The molecule has 0 aliphatic heterocycles. The Hall–Kier alpha value is -1.04. The molecule has 0 saturated heterocycles. The highest BCUT2D eigenvalue weighted by Crippen LogP contribution is 2.41. The lowest BCUT2D eigenvalue weighted by atomic mass is 9.72. The first kappa shape index (κ1) is 12.4. The van der Waals surface area contributed by atoms with Gasteiger partial charge in [-0.25, -0.2) is 0 Å². The first-order valence-electron chi connectivity index (χ1n) is 6.93. The fourth-order valence-corrected chi connectivity index (χ4v) is 2.84. The van der Waals surface area contributed by atoms with Crippen molar-refractivity contribution in [2.75, 3.05) is 0 Å². The van der Waals surface area contributed by atoms with Crippen LogP contribution in [0.15, 0.2) is 48.6 Å². The average molecular weight is 228 g/mol. The largest absolute Gasteiger partial charge is 0.0882 e. The summed E-state index contributed by atoms with van der Waals surface area (Å²) >= 11 is 0. The van der Waals surface area contributed by atoms with Crippen LogP contribution in [0.4, 0.5) is 0 Å². The van der Waals surface area contributed by atoms with Gasteiger partial charge in [-0.2, -0.15) is 0 Å². The molecule has 0 fully saturated rings. The zero-order valence-corrected chi connectivity index (χ0v) is 11.1. The quantitative estimate of drug-likeness (QED) is 0.577. The second-order valence-corrected chi connectivity index (χ2v) is 5.60. The fraction of sp³-hybridized carbons (Fsp3) is 0.529. The predicted molar refractivity (Wildman–Crippen MR) is 75.8 cm³/mol. The van der Waals surface area contributed by atoms with E-state index in [9.17, 15) is 0 Å². The highest BCUT2D eigenvalue weighted by Gasteiger charge is 2.30. The van der Waals surface area contributed by atoms with Crippen molar-refractivity contribution in [3.63, 3.8) is 0 Å². The van der Waals surface area contributed by atoms with Gasteiger partial charge in [0.05, 0.1) is 0 Å². The Balaban J connectivity index is 1.92. The second kappa shape index (κ2) is 5.53. The molecule has 0 aromatic carbocycles. The van der Waals surface area contributed by atoms with Crippen molar-refractivity contribution >= 4 is 0 Å². The summed E-state index contributed by atoms with van der Waals surface area (Å²) in [6, 6.07) is 0. The first-order chi connectivity index (χ1) is 8.24. The van der Waals surface area contributed by atoms with Gasteiger partial charge in [-0.1, -0.05) is 62.5 Å². The molecule has 0 aromatic rings. The smallest absolute Gasteiger partial charge is 0.0133 e. The molecular formula is C17H24. The number of allylic oxidation sites excluding steroid dienone is 8. The number of hydrogen-bond acceptors (Lipinski definition) is 0. The third-order valence-electron chi connectivity index (χ3n) is 4.44. The summed E-state index contributed by atoms with van der Waals surface area (Å²) in [5.41, 5.74) is 0.454. The van der Waals surface area contributed by atoms with Gasteiger partial charge in [0.2, 0.25) is 0 Å². The zero-order chi connectivity index (χ0) is 12.1. The minimum Gasteiger partial charge on any atom is -0.0882 e. The van der Waals surface area contributed by atoms with Gasteiger partial charge in [0, 0.05) is 5.92 Å². The average Bonchev–Trinajstić information content (AvgIpc) is 3.01. The summed E-state index contributed by atoms with van der Waals surface area (Å²) in [4.78, 5) is 0. The third kappa shape index (κ3) is 3.00. The molecule has 0 amide bonds. The van der Waals surface area contributed by atoms with Gasteiger partial charge in [-0.3, -0.25) is 0 Å². The van der Waals surface area contributed by atoms with Gasteiger partial charge in [0.15, 0.2) is 0 Å². The van der Waals surface area contributed by atoms with E-state index in [0.29, 0.717) is 11.3 Å². The molecule has 0 aromatic heterocycles. The summed E-state index contributed by atoms with van der Waals surface area (Å²) in [5, 5.41) is 0. The summed E-state index contributed by atoms with van der Waals surface area (Å²) < 4.78 is 0. The molecule has 0 bridgehead atoms. The third-order valence-corrected chi connectivity index (χ3v) is 4.44. The minimum atomic E-state index is 0.454. The molecule has 2 rings (SSSR count). The van der Waals surface area contributed by atoms with Crippen molar-refractivity contribution in [1.29, 1.82) is 0 Å². The van der Waals surface area contributed by atoms with E-state index in [4.69, 9.17) is 0 Å². The molecule has 0 radical (unpaired) electrons. The molecule has 2 unspecified atom stereocenters. The molecule has 2 aliphatic rings. The fourth-order valence-electron chi connectivity index (χ4n) is 2.84. The van der Waals surface area contributed by atoms with Gasteiger partial charge in [0.1, 0.15) is 0 Å². The van der Waals surface area contributed by atoms with Crippen molar-refractivity contribution in [1.82, 2.24) is 0 Å². The van der Waals surface area contributed by atoms with Crippen LogP contribution < -0.4 is 0 Å². The Morgan fingerprint density at radius 1 is 1.24 bits per heavy atom. The lowest BCUT2D eigenvalue weighted by molar-refractivity contribution is 0.218. The molecule has 17 heavy (non-hydrogen) atoms. The van der Waals surface area contributed by atoms with Crippen molar-refractivity contribution in [2.45, 2.75) is 39.5 Å². The van der Waals surface area contributed by atoms with E-state index in [1.807, 2.05) is 0 Å². The van der Waals surface area contributed by atoms with Crippen LogP contribution in [-0.2, 0) is 0 Å². The topological polar surface area (TPSA) is 0 Å². The van der Waals surface area contributed by atoms with Gasteiger partial charge < -0.3 is 0 Å². The van der Waals surface area contributed by atoms with Crippen LogP contribution in [-0.4, -0.2) is 0 Å². The highest BCUT2D eigenvalue weighted by molar-refractivity contribution is 5.22. The van der Waals surface area contributed by atoms with Crippen molar-refractivity contribution in [2.24, 2.45) is 17.3 Å². The minimum absolute atomic E-state index is 0.454. The van der Waals surface area contributed by atoms with E-state index in [2.05, 4.69) is 62.5 Å². The Labute approximate surface area is 106 Å². The maximum Gasteiger partial charge on any atom is 0.0133 e. The van der Waals surface area contributed by atoms with Crippen LogP contribution in [0.5, 0.6) is 0 Å². The van der Waals surface area contributed by atoms with Crippen molar-refractivity contribution in [3.8, 4) is 0 Å². The molecular weight excluding hydrogens is 204 g/mol. The van der Waals surface area contributed by atoms with Gasteiger partial charge in [-0.05, 0) is 37.0 Å². The van der Waals surface area contributed by atoms with E-state index >= 15 is 0 Å². The highest BCUT2D eigenvalue weighted by atomic mass is 14.3. The van der Waals surface area contributed by atoms with Crippen LogP contribution in [0.3, 0.4) is 0 Å². The summed E-state index contributed by atoms with van der Waals surface area (Å²) in [5.74, 6) is 1.32. The van der Waals surface area contributed by atoms with Crippen LogP contribution in [0.1, 0.15) is 39.5 Å². The van der Waals surface area contributed by atoms with Gasteiger partial charge in [-0.15, -0.1) is 0 Å².